The van der Waals surface area contributed by atoms with Crippen molar-refractivity contribution in [1.29, 1.82) is 0 Å². The standard InChI is InChI=1S/C14H13ClO2/c1-8-6-10(3)12(7-9(8)2)13(16)11-4-5-17-14(11)15/h4-7H,1-3H3. The third kappa shape index (κ3) is 2.13. The number of hydrogen-bond acceptors (Lipinski definition) is 2. The average Bonchev–Trinajstić information content (AvgIpc) is 2.69. The second-order valence-corrected chi connectivity index (χ2v) is 4.53. The summed E-state index contributed by atoms with van der Waals surface area (Å²) in [6.45, 7) is 5.94. The van der Waals surface area contributed by atoms with E-state index in [0.717, 1.165) is 11.1 Å². The van der Waals surface area contributed by atoms with Crippen molar-refractivity contribution in [3.05, 3.63) is 57.5 Å². The van der Waals surface area contributed by atoms with Gasteiger partial charge in [0.05, 0.1) is 11.8 Å². The van der Waals surface area contributed by atoms with E-state index in [1.807, 2.05) is 32.9 Å². The monoisotopic (exact) mass is 248 g/mol. The van der Waals surface area contributed by atoms with E-state index < -0.39 is 0 Å². The molecule has 0 atom stereocenters. The van der Waals surface area contributed by atoms with E-state index >= 15 is 0 Å². The Labute approximate surface area is 105 Å². The second-order valence-electron chi connectivity index (χ2n) is 4.19. The van der Waals surface area contributed by atoms with Crippen LogP contribution in [0.15, 0.2) is 28.9 Å². The molecule has 1 aromatic carbocycles. The van der Waals surface area contributed by atoms with Crippen molar-refractivity contribution in [1.82, 2.24) is 0 Å². The number of carbonyl (C=O) groups excluding carboxylic acids is 1. The van der Waals surface area contributed by atoms with E-state index in [2.05, 4.69) is 0 Å². The molecule has 0 fully saturated rings. The fourth-order valence-electron chi connectivity index (χ4n) is 1.81. The van der Waals surface area contributed by atoms with Crippen molar-refractivity contribution in [3.63, 3.8) is 0 Å². The lowest BCUT2D eigenvalue weighted by atomic mass is 9.96. The van der Waals surface area contributed by atoms with Gasteiger partial charge in [-0.15, -0.1) is 0 Å². The van der Waals surface area contributed by atoms with Crippen LogP contribution in [0.1, 0.15) is 32.6 Å². The molecule has 88 valence electrons. The molecule has 0 N–H and O–H groups in total. The molecule has 0 saturated carbocycles. The fraction of sp³-hybridized carbons (Fsp3) is 0.214. The van der Waals surface area contributed by atoms with Crippen LogP contribution >= 0.6 is 11.6 Å². The minimum atomic E-state index is -0.0932. The number of hydrogen-bond donors (Lipinski definition) is 0. The molecular formula is C14H13ClO2. The second kappa shape index (κ2) is 4.38. The Hall–Kier alpha value is -1.54. The Morgan fingerprint density at radius 3 is 2.29 bits per heavy atom. The maximum atomic E-state index is 12.3. The minimum absolute atomic E-state index is 0.0932. The molecule has 2 rings (SSSR count). The lowest BCUT2D eigenvalue weighted by molar-refractivity contribution is 0.103. The Morgan fingerprint density at radius 2 is 1.71 bits per heavy atom. The van der Waals surface area contributed by atoms with Gasteiger partial charge < -0.3 is 4.42 Å². The molecular weight excluding hydrogens is 236 g/mol. The maximum Gasteiger partial charge on any atom is 0.204 e. The van der Waals surface area contributed by atoms with Crippen LogP contribution < -0.4 is 0 Å². The summed E-state index contributed by atoms with van der Waals surface area (Å²) in [6, 6.07) is 5.51. The summed E-state index contributed by atoms with van der Waals surface area (Å²) in [5.74, 6) is -0.0932. The zero-order chi connectivity index (χ0) is 12.6. The fourth-order valence-corrected chi connectivity index (χ4v) is 2.01. The maximum absolute atomic E-state index is 12.3. The normalized spacial score (nSPS) is 10.6. The first kappa shape index (κ1) is 11.9. The van der Waals surface area contributed by atoms with Crippen LogP contribution in [0.4, 0.5) is 0 Å². The van der Waals surface area contributed by atoms with E-state index in [1.54, 1.807) is 6.07 Å². The van der Waals surface area contributed by atoms with Crippen molar-refractivity contribution in [2.75, 3.05) is 0 Å². The van der Waals surface area contributed by atoms with E-state index in [1.165, 1.54) is 11.8 Å². The summed E-state index contributed by atoms with van der Waals surface area (Å²) < 4.78 is 4.95. The van der Waals surface area contributed by atoms with Crippen LogP contribution in [0.3, 0.4) is 0 Å². The molecule has 0 saturated heterocycles. The molecule has 17 heavy (non-hydrogen) atoms. The van der Waals surface area contributed by atoms with E-state index in [4.69, 9.17) is 16.0 Å². The zero-order valence-corrected chi connectivity index (χ0v) is 10.8. The van der Waals surface area contributed by atoms with Crippen LogP contribution in [0.2, 0.25) is 5.22 Å². The first-order valence-electron chi connectivity index (χ1n) is 5.36. The molecule has 0 spiro atoms. The molecule has 0 aliphatic rings. The highest BCUT2D eigenvalue weighted by molar-refractivity contribution is 6.33. The van der Waals surface area contributed by atoms with Gasteiger partial charge in [0.2, 0.25) is 5.22 Å². The first-order valence-corrected chi connectivity index (χ1v) is 5.74. The van der Waals surface area contributed by atoms with Crippen molar-refractivity contribution in [2.45, 2.75) is 20.8 Å². The zero-order valence-electron chi connectivity index (χ0n) is 10.0. The molecule has 0 aliphatic heterocycles. The number of benzene rings is 1. The van der Waals surface area contributed by atoms with Crippen LogP contribution in [-0.4, -0.2) is 5.78 Å². The Morgan fingerprint density at radius 1 is 1.06 bits per heavy atom. The molecule has 0 radical (unpaired) electrons. The van der Waals surface area contributed by atoms with Gasteiger partial charge in [0.1, 0.15) is 0 Å². The lowest BCUT2D eigenvalue weighted by Crippen LogP contribution is -2.04. The van der Waals surface area contributed by atoms with Gasteiger partial charge >= 0.3 is 0 Å². The van der Waals surface area contributed by atoms with Crippen molar-refractivity contribution < 1.29 is 9.21 Å². The first-order chi connectivity index (χ1) is 8.00. The van der Waals surface area contributed by atoms with Gasteiger partial charge in [0.25, 0.3) is 0 Å². The topological polar surface area (TPSA) is 30.2 Å². The largest absolute Gasteiger partial charge is 0.452 e. The van der Waals surface area contributed by atoms with Crippen molar-refractivity contribution in [3.8, 4) is 0 Å². The van der Waals surface area contributed by atoms with E-state index in [-0.39, 0.29) is 11.0 Å². The molecule has 0 aliphatic carbocycles. The average molecular weight is 249 g/mol. The van der Waals surface area contributed by atoms with Crippen LogP contribution in [0.25, 0.3) is 0 Å². The van der Waals surface area contributed by atoms with Gasteiger partial charge in [-0.25, -0.2) is 0 Å². The summed E-state index contributed by atoms with van der Waals surface area (Å²) in [5.41, 5.74) is 4.32. The van der Waals surface area contributed by atoms with Crippen LogP contribution in [0, 0.1) is 20.8 Å². The Balaban J connectivity index is 2.52. The lowest BCUT2D eigenvalue weighted by Gasteiger charge is -2.08. The summed E-state index contributed by atoms with van der Waals surface area (Å²) >= 11 is 5.82. The molecule has 3 heteroatoms. The third-order valence-electron chi connectivity index (χ3n) is 2.95. The van der Waals surface area contributed by atoms with Gasteiger partial charge in [-0.3, -0.25) is 4.79 Å². The molecule has 2 aromatic rings. The van der Waals surface area contributed by atoms with Crippen molar-refractivity contribution in [2.24, 2.45) is 0 Å². The smallest absolute Gasteiger partial charge is 0.204 e. The molecule has 0 unspecified atom stereocenters. The summed E-state index contributed by atoms with van der Waals surface area (Å²) in [7, 11) is 0. The van der Waals surface area contributed by atoms with Gasteiger partial charge in [-0.1, -0.05) is 6.07 Å². The van der Waals surface area contributed by atoms with E-state index in [0.29, 0.717) is 11.1 Å². The van der Waals surface area contributed by atoms with Gasteiger partial charge in [0, 0.05) is 5.56 Å². The SMILES string of the molecule is Cc1cc(C)c(C(=O)c2ccoc2Cl)cc1C. The molecule has 1 heterocycles. The predicted molar refractivity (Wildman–Crippen MR) is 67.8 cm³/mol. The quantitative estimate of drug-likeness (QED) is 0.750. The summed E-state index contributed by atoms with van der Waals surface area (Å²) in [4.78, 5) is 12.3. The van der Waals surface area contributed by atoms with E-state index in [9.17, 15) is 4.79 Å². The molecule has 1 aromatic heterocycles. The summed E-state index contributed by atoms with van der Waals surface area (Å²) in [5, 5.41) is 0.146. The minimum Gasteiger partial charge on any atom is -0.452 e. The number of aryl methyl sites for hydroxylation is 3. The molecule has 0 bridgehead atoms. The third-order valence-corrected chi connectivity index (χ3v) is 3.24. The number of rotatable bonds is 2. The highest BCUT2D eigenvalue weighted by atomic mass is 35.5. The summed E-state index contributed by atoms with van der Waals surface area (Å²) in [6.07, 6.45) is 1.42. The number of carbonyl (C=O) groups is 1. The highest BCUT2D eigenvalue weighted by Crippen LogP contribution is 2.23. The van der Waals surface area contributed by atoms with Gasteiger partial charge in [-0.05, 0) is 61.2 Å². The number of halogens is 1. The Bertz CT molecular complexity index is 582. The number of furan rings is 1. The van der Waals surface area contributed by atoms with Crippen molar-refractivity contribution >= 4 is 17.4 Å². The predicted octanol–water partition coefficient (Wildman–Crippen LogP) is 4.09. The Kier molecular flexibility index (Phi) is 3.07. The van der Waals surface area contributed by atoms with Crippen LogP contribution in [0.5, 0.6) is 0 Å². The molecule has 2 nitrogen and oxygen atoms in total. The highest BCUT2D eigenvalue weighted by Gasteiger charge is 2.17. The van der Waals surface area contributed by atoms with Gasteiger partial charge in [0.15, 0.2) is 5.78 Å². The van der Waals surface area contributed by atoms with Gasteiger partial charge in [-0.2, -0.15) is 0 Å². The van der Waals surface area contributed by atoms with Crippen LogP contribution in [-0.2, 0) is 0 Å². The number of ketones is 1. The molecule has 0 amide bonds.